The normalized spacial score (nSPS) is 23.8. The third-order valence-electron chi connectivity index (χ3n) is 9.01. The van der Waals surface area contributed by atoms with Gasteiger partial charge in [-0.1, -0.05) is 0 Å². The summed E-state index contributed by atoms with van der Waals surface area (Å²) in [5, 5.41) is 5.32. The van der Waals surface area contributed by atoms with E-state index in [0.717, 1.165) is 0 Å². The van der Waals surface area contributed by atoms with Crippen LogP contribution in [0.25, 0.3) is 11.1 Å². The molecular weight excluding hydrogens is 436 g/mol. The summed E-state index contributed by atoms with van der Waals surface area (Å²) in [6, 6.07) is 18.9. The first-order valence-corrected chi connectivity index (χ1v) is 16.9. The quantitative estimate of drug-likeness (QED) is 0.422. The molecule has 2 atom stereocenters. The number of hydrogen-bond donors (Lipinski definition) is 0. The number of fused-ring (bicyclic) bond motifs is 6. The van der Waals surface area contributed by atoms with E-state index < -0.39 is 16.6 Å². The van der Waals surface area contributed by atoms with Crippen molar-refractivity contribution in [3.8, 4) is 0 Å². The van der Waals surface area contributed by atoms with Gasteiger partial charge in [0.25, 0.3) is 0 Å². The molecule has 0 saturated carbocycles. The fourth-order valence-electron chi connectivity index (χ4n) is 7.48. The molecule has 2 nitrogen and oxygen atoms in total. The molecule has 3 heteroatoms. The summed E-state index contributed by atoms with van der Waals surface area (Å²) in [5.74, 6) is 0. The molecule has 0 N–H and O–H groups in total. The first-order valence-electron chi connectivity index (χ1n) is 12.2. The summed E-state index contributed by atoms with van der Waals surface area (Å²) in [6.45, 7) is 9.54. The second-order valence-corrected chi connectivity index (χ2v) is 17.5. The van der Waals surface area contributed by atoms with Gasteiger partial charge in [-0.15, -0.1) is 0 Å². The molecule has 168 valence electrons. The number of rotatable bonds is 2. The molecule has 0 amide bonds. The van der Waals surface area contributed by atoms with Gasteiger partial charge in [0.2, 0.25) is 0 Å². The molecule has 0 bridgehead atoms. The topological polar surface area (TPSA) is 6.48 Å². The van der Waals surface area contributed by atoms with Crippen molar-refractivity contribution >= 4 is 22.5 Å². The summed E-state index contributed by atoms with van der Waals surface area (Å²) < 4.78 is 3.44. The third kappa shape index (κ3) is 2.49. The van der Waals surface area contributed by atoms with Gasteiger partial charge < -0.3 is 0 Å². The molecular formula is C30H34N2Ti. The second-order valence-electron chi connectivity index (χ2n) is 10.9. The van der Waals surface area contributed by atoms with Gasteiger partial charge in [0.1, 0.15) is 0 Å². The van der Waals surface area contributed by atoms with E-state index in [-0.39, 0.29) is 0 Å². The molecule has 0 saturated heterocycles. The third-order valence-corrected chi connectivity index (χ3v) is 14.9. The van der Waals surface area contributed by atoms with Crippen LogP contribution in [0.1, 0.15) is 38.8 Å². The summed E-state index contributed by atoms with van der Waals surface area (Å²) in [4.78, 5) is 5.02. The summed E-state index contributed by atoms with van der Waals surface area (Å²) in [6.07, 6.45) is 0. The number of anilines is 2. The summed E-state index contributed by atoms with van der Waals surface area (Å²) in [5.41, 5.74) is 15.1. The first-order chi connectivity index (χ1) is 15.7. The molecule has 0 radical (unpaired) electrons. The average molecular weight is 470 g/mol. The first kappa shape index (κ1) is 21.3. The number of nitrogens with zero attached hydrogens (tertiary/aromatic N) is 2. The van der Waals surface area contributed by atoms with Crippen molar-refractivity contribution in [1.82, 2.24) is 0 Å². The molecule has 2 aromatic carbocycles. The Labute approximate surface area is 202 Å². The molecule has 4 aliphatic rings. The van der Waals surface area contributed by atoms with Crippen molar-refractivity contribution in [2.24, 2.45) is 0 Å². The van der Waals surface area contributed by atoms with Crippen molar-refractivity contribution in [3.05, 3.63) is 89.7 Å². The van der Waals surface area contributed by atoms with Crippen LogP contribution in [0, 0.1) is 0 Å². The van der Waals surface area contributed by atoms with Crippen LogP contribution in [0.5, 0.6) is 0 Å². The van der Waals surface area contributed by atoms with Crippen LogP contribution in [-0.4, -0.2) is 26.2 Å². The Morgan fingerprint density at radius 2 is 0.970 bits per heavy atom. The molecule has 2 aromatic rings. The average Bonchev–Trinajstić information content (AvgIpc) is 3.43. The minimum atomic E-state index is -2.70. The molecule has 33 heavy (non-hydrogen) atoms. The van der Waals surface area contributed by atoms with Crippen LogP contribution in [0.4, 0.5) is 11.4 Å². The van der Waals surface area contributed by atoms with E-state index in [1.807, 2.05) is 0 Å². The molecule has 2 heterocycles. The molecule has 0 aromatic heterocycles. The van der Waals surface area contributed by atoms with E-state index in [1.165, 1.54) is 22.5 Å². The Morgan fingerprint density at radius 1 is 0.606 bits per heavy atom. The summed E-state index contributed by atoms with van der Waals surface area (Å²) in [7, 11) is 4.56. The van der Waals surface area contributed by atoms with Crippen LogP contribution in [0.2, 0.25) is 10.5 Å². The SMILES string of the molecule is CC1=C(C)C2C(=[C]1[Ti]([CH3])([CH3])[C]1=C3c4ccccc4N(C)C3C(C)=C1C)c1ccccc1N2C. The van der Waals surface area contributed by atoms with Gasteiger partial charge >= 0.3 is 203 Å². The van der Waals surface area contributed by atoms with Crippen LogP contribution >= 0.6 is 0 Å². The van der Waals surface area contributed by atoms with Crippen LogP contribution in [0.15, 0.2) is 78.6 Å². The number of benzene rings is 2. The number of likely N-dealkylation sites (N-methyl/N-ethyl adjacent to an activating group) is 2. The second kappa shape index (κ2) is 6.87. The van der Waals surface area contributed by atoms with Crippen LogP contribution < -0.4 is 9.80 Å². The monoisotopic (exact) mass is 470 g/mol. The Balaban J connectivity index is 1.65. The fourth-order valence-corrected chi connectivity index (χ4v) is 14.4. The van der Waals surface area contributed by atoms with Crippen LogP contribution in [0.3, 0.4) is 0 Å². The molecule has 2 aliphatic heterocycles. The van der Waals surface area contributed by atoms with Crippen molar-refractivity contribution < 1.29 is 16.6 Å². The van der Waals surface area contributed by atoms with E-state index >= 15 is 0 Å². The van der Waals surface area contributed by atoms with Gasteiger partial charge in [0.05, 0.1) is 0 Å². The zero-order valence-electron chi connectivity index (χ0n) is 21.2. The summed E-state index contributed by atoms with van der Waals surface area (Å²) >= 11 is -2.70. The van der Waals surface area contributed by atoms with E-state index in [1.54, 1.807) is 41.2 Å². The molecule has 2 unspecified atom stereocenters. The van der Waals surface area contributed by atoms with Gasteiger partial charge in [-0.05, 0) is 0 Å². The van der Waals surface area contributed by atoms with E-state index in [0.29, 0.717) is 12.1 Å². The predicted octanol–water partition coefficient (Wildman–Crippen LogP) is 7.40. The van der Waals surface area contributed by atoms with E-state index in [2.05, 4.69) is 111 Å². The van der Waals surface area contributed by atoms with Gasteiger partial charge in [-0.3, -0.25) is 0 Å². The molecule has 0 fully saturated rings. The molecule has 0 spiro atoms. The van der Waals surface area contributed by atoms with Crippen molar-refractivity contribution in [1.29, 1.82) is 0 Å². The van der Waals surface area contributed by atoms with E-state index in [9.17, 15) is 0 Å². The Bertz CT molecular complexity index is 1260. The molecule has 6 rings (SSSR count). The van der Waals surface area contributed by atoms with Gasteiger partial charge in [-0.25, -0.2) is 0 Å². The maximum atomic E-state index is 2.66. The van der Waals surface area contributed by atoms with Crippen LogP contribution in [-0.2, 0) is 16.6 Å². The van der Waals surface area contributed by atoms with Crippen molar-refractivity contribution in [3.63, 3.8) is 0 Å². The number of hydrogen-bond acceptors (Lipinski definition) is 2. The van der Waals surface area contributed by atoms with E-state index in [4.69, 9.17) is 0 Å². The Morgan fingerprint density at radius 3 is 1.36 bits per heavy atom. The Kier molecular flexibility index (Phi) is 4.43. The zero-order valence-corrected chi connectivity index (χ0v) is 22.7. The van der Waals surface area contributed by atoms with Gasteiger partial charge in [-0.2, -0.15) is 0 Å². The standard InChI is InChI=1S/2C14H14N.2CH3.Ti/c2*1-9-8-12-11-6-4-5-7-13(11)15(3)14(12)10(9)2;;;/h2*4-7,14H,1-3H3;2*1H3;. The predicted molar refractivity (Wildman–Crippen MR) is 140 cm³/mol. The van der Waals surface area contributed by atoms with Crippen molar-refractivity contribution in [2.75, 3.05) is 23.9 Å². The van der Waals surface area contributed by atoms with Gasteiger partial charge in [0, 0.05) is 0 Å². The van der Waals surface area contributed by atoms with Gasteiger partial charge in [0.15, 0.2) is 0 Å². The van der Waals surface area contributed by atoms with Crippen molar-refractivity contribution in [2.45, 2.75) is 50.2 Å². The Hall–Kier alpha value is -2.29. The minimum absolute atomic E-state index is 0.397. The number of para-hydroxylation sites is 2. The fraction of sp³-hybridized carbons (Fsp3) is 0.333. The maximum absolute atomic E-state index is 2.70. The number of allylic oxidation sites excluding steroid dienone is 4. The zero-order chi connectivity index (χ0) is 23.4. The molecule has 2 aliphatic carbocycles.